The highest BCUT2D eigenvalue weighted by atomic mass is 15.2. The molecule has 53 heavy (non-hydrogen) atoms. The fourth-order valence-electron chi connectivity index (χ4n) is 6.37. The Morgan fingerprint density at radius 1 is 0.566 bits per heavy atom. The molecular weight excluding hydrogens is 651 g/mol. The summed E-state index contributed by atoms with van der Waals surface area (Å²) in [5.74, 6) is 2.90. The molecule has 0 saturated heterocycles. The SMILES string of the molecule is C=C(/C=C\C(=C/C)c1cccc(C2N=C(c3ccccc3)NC(c3cccc(-c4ccc(-c5nc(C)cc(C)n5)cc4)c3)=N2)c1)c1nc(C)cc(C)n1. The number of benzene rings is 4. The minimum atomic E-state index is -0.456. The number of hydrogen-bond acceptors (Lipinski definition) is 7. The average molecular weight is 692 g/mol. The third-order valence-corrected chi connectivity index (χ3v) is 8.94. The summed E-state index contributed by atoms with van der Waals surface area (Å²) in [7, 11) is 0. The number of nitrogens with one attached hydrogen (secondary N) is 1. The molecule has 7 nitrogen and oxygen atoms in total. The van der Waals surface area contributed by atoms with E-state index in [-0.39, 0.29) is 0 Å². The van der Waals surface area contributed by atoms with Crippen LogP contribution in [0, 0.1) is 27.7 Å². The topological polar surface area (TPSA) is 88.3 Å². The van der Waals surface area contributed by atoms with Crippen LogP contribution < -0.4 is 5.32 Å². The number of amidine groups is 2. The Labute approximate surface area is 311 Å². The minimum Gasteiger partial charge on any atom is -0.324 e. The Bertz CT molecular complexity index is 2400. The van der Waals surface area contributed by atoms with Gasteiger partial charge in [-0.15, -0.1) is 0 Å². The van der Waals surface area contributed by atoms with E-state index in [9.17, 15) is 0 Å². The summed E-state index contributed by atoms with van der Waals surface area (Å²) in [6, 6.07) is 39.4. The number of allylic oxidation sites excluding steroid dienone is 5. The molecule has 1 unspecified atom stereocenters. The molecule has 260 valence electrons. The summed E-state index contributed by atoms with van der Waals surface area (Å²) in [5, 5.41) is 3.55. The molecule has 6 aromatic rings. The second kappa shape index (κ2) is 15.3. The molecule has 4 aromatic carbocycles. The van der Waals surface area contributed by atoms with Gasteiger partial charge in [-0.05, 0) is 86.7 Å². The first kappa shape index (κ1) is 34.8. The molecule has 0 spiro atoms. The van der Waals surface area contributed by atoms with Gasteiger partial charge in [0.05, 0.1) is 0 Å². The maximum absolute atomic E-state index is 5.19. The van der Waals surface area contributed by atoms with Gasteiger partial charge in [0, 0.05) is 45.0 Å². The first-order valence-electron chi connectivity index (χ1n) is 17.7. The molecule has 7 rings (SSSR count). The second-order valence-corrected chi connectivity index (χ2v) is 13.2. The normalized spacial score (nSPS) is 14.4. The molecular formula is C46H41N7. The maximum Gasteiger partial charge on any atom is 0.169 e. The van der Waals surface area contributed by atoms with Crippen molar-refractivity contribution in [1.82, 2.24) is 25.3 Å². The van der Waals surface area contributed by atoms with E-state index in [1.54, 1.807) is 0 Å². The number of rotatable bonds is 9. The quantitative estimate of drug-likeness (QED) is 0.153. The van der Waals surface area contributed by atoms with Crippen molar-refractivity contribution in [3.8, 4) is 22.5 Å². The summed E-state index contributed by atoms with van der Waals surface area (Å²) in [6.45, 7) is 14.2. The molecule has 7 heteroatoms. The fourth-order valence-corrected chi connectivity index (χ4v) is 6.37. The summed E-state index contributed by atoms with van der Waals surface area (Å²) < 4.78 is 0. The lowest BCUT2D eigenvalue weighted by Crippen LogP contribution is -2.36. The predicted octanol–water partition coefficient (Wildman–Crippen LogP) is 10.0. The van der Waals surface area contributed by atoms with Crippen molar-refractivity contribution in [3.63, 3.8) is 0 Å². The van der Waals surface area contributed by atoms with Crippen molar-refractivity contribution in [2.24, 2.45) is 9.98 Å². The van der Waals surface area contributed by atoms with Crippen molar-refractivity contribution < 1.29 is 0 Å². The second-order valence-electron chi connectivity index (χ2n) is 13.2. The largest absolute Gasteiger partial charge is 0.324 e. The summed E-state index contributed by atoms with van der Waals surface area (Å²) >= 11 is 0. The molecule has 1 aliphatic rings. The Balaban J connectivity index is 1.19. The van der Waals surface area contributed by atoms with Crippen LogP contribution in [0.2, 0.25) is 0 Å². The third kappa shape index (κ3) is 8.16. The molecule has 0 saturated carbocycles. The van der Waals surface area contributed by atoms with Crippen molar-refractivity contribution in [2.75, 3.05) is 0 Å². The number of aromatic nitrogens is 4. The highest BCUT2D eigenvalue weighted by molar-refractivity contribution is 6.16. The van der Waals surface area contributed by atoms with Crippen molar-refractivity contribution >= 4 is 22.8 Å². The van der Waals surface area contributed by atoms with Gasteiger partial charge in [0.15, 0.2) is 17.8 Å². The summed E-state index contributed by atoms with van der Waals surface area (Å²) in [6.07, 6.45) is 5.67. The first-order chi connectivity index (χ1) is 25.7. The van der Waals surface area contributed by atoms with Gasteiger partial charge in [-0.1, -0.05) is 116 Å². The van der Waals surface area contributed by atoms with Crippen molar-refractivity contribution in [1.29, 1.82) is 0 Å². The average Bonchev–Trinajstić information content (AvgIpc) is 3.18. The van der Waals surface area contributed by atoms with Crippen LogP contribution in [0.4, 0.5) is 0 Å². The van der Waals surface area contributed by atoms with E-state index in [0.717, 1.165) is 90.4 Å². The molecule has 0 radical (unpaired) electrons. The van der Waals surface area contributed by atoms with Gasteiger partial charge in [-0.3, -0.25) is 0 Å². The van der Waals surface area contributed by atoms with Gasteiger partial charge in [0.25, 0.3) is 0 Å². The van der Waals surface area contributed by atoms with Crippen molar-refractivity contribution in [2.45, 2.75) is 40.8 Å². The molecule has 0 bridgehead atoms. The van der Waals surface area contributed by atoms with E-state index in [0.29, 0.717) is 5.82 Å². The lowest BCUT2D eigenvalue weighted by Gasteiger charge is -2.23. The van der Waals surface area contributed by atoms with Gasteiger partial charge in [0.1, 0.15) is 11.7 Å². The van der Waals surface area contributed by atoms with Crippen LogP contribution in [0.25, 0.3) is 33.7 Å². The monoisotopic (exact) mass is 691 g/mol. The standard InChI is InChI=1S/C46H41N7/c1-7-34(20-19-29(2)42-47-30(3)25-31(4)48-42)38-15-11-17-40(27-38)45-51-44(36-13-9-8-10-14-36)52-46(53-45)41-18-12-16-39(28-41)35-21-23-37(24-22-35)43-49-32(5)26-33(6)50-43/h7-28,45H,2H2,1,3-6H3,(H,51,52,53)/b20-19-,34-7+. The van der Waals surface area contributed by atoms with Gasteiger partial charge in [-0.25, -0.2) is 29.9 Å². The van der Waals surface area contributed by atoms with Crippen LogP contribution in [-0.2, 0) is 0 Å². The molecule has 1 N–H and O–H groups in total. The molecule has 0 aliphatic carbocycles. The number of aliphatic imine (C=N–C) groups is 2. The molecule has 1 aliphatic heterocycles. The Hall–Kier alpha value is -6.60. The Kier molecular flexibility index (Phi) is 10.1. The number of aryl methyl sites for hydroxylation is 4. The van der Waals surface area contributed by atoms with Gasteiger partial charge in [-0.2, -0.15) is 0 Å². The predicted molar refractivity (Wildman–Crippen MR) is 218 cm³/mol. The van der Waals surface area contributed by atoms with Crippen LogP contribution in [0.15, 0.2) is 150 Å². The number of nitrogens with zero attached hydrogens (tertiary/aromatic N) is 6. The van der Waals surface area contributed by atoms with Crippen LogP contribution in [0.5, 0.6) is 0 Å². The summed E-state index contributed by atoms with van der Waals surface area (Å²) in [5.41, 5.74) is 12.7. The third-order valence-electron chi connectivity index (χ3n) is 8.94. The lowest BCUT2D eigenvalue weighted by atomic mass is 9.99. The van der Waals surface area contributed by atoms with Crippen LogP contribution in [-0.4, -0.2) is 31.6 Å². The Morgan fingerprint density at radius 2 is 1.15 bits per heavy atom. The number of hydrogen-bond donors (Lipinski definition) is 1. The van der Waals surface area contributed by atoms with Crippen LogP contribution in [0.3, 0.4) is 0 Å². The first-order valence-corrected chi connectivity index (χ1v) is 17.7. The van der Waals surface area contributed by atoms with Gasteiger partial charge < -0.3 is 5.32 Å². The maximum atomic E-state index is 5.19. The smallest absolute Gasteiger partial charge is 0.169 e. The molecule has 3 heterocycles. The minimum absolute atomic E-state index is 0.456. The zero-order valence-electron chi connectivity index (χ0n) is 30.7. The van der Waals surface area contributed by atoms with E-state index in [1.807, 2.05) is 71.0 Å². The van der Waals surface area contributed by atoms with Gasteiger partial charge in [0.2, 0.25) is 0 Å². The van der Waals surface area contributed by atoms with E-state index in [1.165, 1.54) is 0 Å². The van der Waals surface area contributed by atoms with Gasteiger partial charge >= 0.3 is 0 Å². The fraction of sp³-hybridized carbons (Fsp3) is 0.130. The van der Waals surface area contributed by atoms with E-state index in [2.05, 4.69) is 129 Å². The lowest BCUT2D eigenvalue weighted by molar-refractivity contribution is 0.755. The Morgan fingerprint density at radius 3 is 1.83 bits per heavy atom. The van der Waals surface area contributed by atoms with Crippen LogP contribution >= 0.6 is 0 Å². The molecule has 2 aromatic heterocycles. The highest BCUT2D eigenvalue weighted by Gasteiger charge is 2.21. The van der Waals surface area contributed by atoms with E-state index in [4.69, 9.17) is 9.98 Å². The zero-order chi connectivity index (χ0) is 36.9. The summed E-state index contributed by atoms with van der Waals surface area (Å²) in [4.78, 5) is 28.7. The molecule has 1 atom stereocenters. The molecule has 0 fully saturated rings. The zero-order valence-corrected chi connectivity index (χ0v) is 30.7. The highest BCUT2D eigenvalue weighted by Crippen LogP contribution is 2.29. The molecule has 0 amide bonds. The van der Waals surface area contributed by atoms with Crippen molar-refractivity contribution in [3.05, 3.63) is 191 Å². The van der Waals surface area contributed by atoms with Crippen LogP contribution in [0.1, 0.15) is 63.9 Å². The van der Waals surface area contributed by atoms with E-state index < -0.39 is 6.17 Å². The van der Waals surface area contributed by atoms with E-state index >= 15 is 0 Å².